The minimum absolute atomic E-state index is 0.0199. The maximum absolute atomic E-state index is 12.1. The third kappa shape index (κ3) is 2.76. The quantitative estimate of drug-likeness (QED) is 0.666. The first-order chi connectivity index (χ1) is 10.0. The number of nitro groups is 1. The molecule has 0 saturated heterocycles. The van der Waals surface area contributed by atoms with Crippen molar-refractivity contribution in [2.24, 2.45) is 0 Å². The molecule has 21 heavy (non-hydrogen) atoms. The van der Waals surface area contributed by atoms with E-state index < -0.39 is 4.92 Å². The van der Waals surface area contributed by atoms with E-state index in [0.29, 0.717) is 22.9 Å². The lowest BCUT2D eigenvalue weighted by atomic mass is 10.2. The van der Waals surface area contributed by atoms with Gasteiger partial charge in [-0.25, -0.2) is 0 Å². The zero-order valence-electron chi connectivity index (χ0n) is 11.4. The Morgan fingerprint density at radius 1 is 1.43 bits per heavy atom. The third-order valence-electron chi connectivity index (χ3n) is 3.51. The molecular weight excluding hydrogens is 272 g/mol. The molecule has 0 aliphatic heterocycles. The monoisotopic (exact) mass is 286 g/mol. The van der Waals surface area contributed by atoms with Gasteiger partial charge < -0.3 is 5.32 Å². The van der Waals surface area contributed by atoms with Crippen molar-refractivity contribution in [2.45, 2.75) is 25.7 Å². The number of nitrogens with one attached hydrogen (secondary N) is 2. The summed E-state index contributed by atoms with van der Waals surface area (Å²) < 4.78 is 0. The highest BCUT2D eigenvalue weighted by Crippen LogP contribution is 2.39. The highest BCUT2D eigenvalue weighted by atomic mass is 16.6. The molecule has 1 aliphatic carbocycles. The Morgan fingerprint density at radius 2 is 2.19 bits per heavy atom. The van der Waals surface area contributed by atoms with Crippen LogP contribution in [0, 0.1) is 17.0 Å². The fourth-order valence-corrected chi connectivity index (χ4v) is 2.14. The largest absolute Gasteiger partial charge is 0.320 e. The summed E-state index contributed by atoms with van der Waals surface area (Å²) in [6, 6.07) is 6.32. The Kier molecular flexibility index (Phi) is 3.17. The van der Waals surface area contributed by atoms with E-state index in [0.717, 1.165) is 18.5 Å². The molecule has 1 saturated carbocycles. The number of carbonyl (C=O) groups excluding carboxylic acids is 1. The van der Waals surface area contributed by atoms with Gasteiger partial charge in [-0.2, -0.15) is 5.10 Å². The standard InChI is InChI=1S/C14H14N4O3/c1-8-2-5-10(6-13(8)18(20)21)15-14(19)12-7-11(16-17-12)9-3-4-9/h2,5-7,9H,3-4H2,1H3,(H,15,19)(H,16,17). The topological polar surface area (TPSA) is 101 Å². The smallest absolute Gasteiger partial charge is 0.276 e. The van der Waals surface area contributed by atoms with E-state index in [1.807, 2.05) is 0 Å². The fraction of sp³-hybridized carbons (Fsp3) is 0.286. The zero-order chi connectivity index (χ0) is 15.0. The molecule has 2 aromatic rings. The SMILES string of the molecule is Cc1ccc(NC(=O)c2cc(C3CC3)[nH]n2)cc1[N+](=O)[O-]. The van der Waals surface area contributed by atoms with Crippen LogP contribution >= 0.6 is 0 Å². The summed E-state index contributed by atoms with van der Waals surface area (Å²) in [5.41, 5.74) is 2.17. The number of carbonyl (C=O) groups is 1. The molecular formula is C14H14N4O3. The van der Waals surface area contributed by atoms with Gasteiger partial charge in [-0.15, -0.1) is 0 Å². The molecule has 2 N–H and O–H groups in total. The second kappa shape index (κ2) is 5.01. The van der Waals surface area contributed by atoms with E-state index in [1.165, 1.54) is 6.07 Å². The van der Waals surface area contributed by atoms with E-state index >= 15 is 0 Å². The molecule has 1 aromatic heterocycles. The summed E-state index contributed by atoms with van der Waals surface area (Å²) in [6.45, 7) is 1.65. The maximum atomic E-state index is 12.1. The third-order valence-corrected chi connectivity index (χ3v) is 3.51. The van der Waals surface area contributed by atoms with Gasteiger partial charge >= 0.3 is 0 Å². The van der Waals surface area contributed by atoms with Gasteiger partial charge in [0.1, 0.15) is 0 Å². The maximum Gasteiger partial charge on any atom is 0.276 e. The zero-order valence-corrected chi connectivity index (χ0v) is 11.4. The minimum Gasteiger partial charge on any atom is -0.320 e. The van der Waals surface area contributed by atoms with E-state index in [-0.39, 0.29) is 11.6 Å². The number of benzene rings is 1. The molecule has 1 amide bonds. The lowest BCUT2D eigenvalue weighted by molar-refractivity contribution is -0.385. The minimum atomic E-state index is -0.468. The van der Waals surface area contributed by atoms with E-state index in [4.69, 9.17) is 0 Å². The summed E-state index contributed by atoms with van der Waals surface area (Å²) in [5.74, 6) is 0.107. The van der Waals surface area contributed by atoms with Crippen molar-refractivity contribution in [1.29, 1.82) is 0 Å². The highest BCUT2D eigenvalue weighted by molar-refractivity contribution is 6.03. The molecule has 0 bridgehead atoms. The summed E-state index contributed by atoms with van der Waals surface area (Å²) in [7, 11) is 0. The van der Waals surface area contributed by atoms with Crippen molar-refractivity contribution >= 4 is 17.3 Å². The fourth-order valence-electron chi connectivity index (χ4n) is 2.14. The van der Waals surface area contributed by atoms with Gasteiger partial charge in [-0.1, -0.05) is 6.07 Å². The van der Waals surface area contributed by atoms with E-state index in [2.05, 4.69) is 15.5 Å². The lowest BCUT2D eigenvalue weighted by Crippen LogP contribution is -2.12. The number of aryl methyl sites for hydroxylation is 1. The molecule has 7 heteroatoms. The van der Waals surface area contributed by atoms with Crippen molar-refractivity contribution in [3.05, 3.63) is 51.3 Å². The Morgan fingerprint density at radius 3 is 2.86 bits per heavy atom. The molecule has 0 atom stereocenters. The average molecular weight is 286 g/mol. The summed E-state index contributed by atoms with van der Waals surface area (Å²) in [4.78, 5) is 22.5. The number of nitrogens with zero attached hydrogens (tertiary/aromatic N) is 2. The Labute approximate surface area is 120 Å². The van der Waals surface area contributed by atoms with Gasteiger partial charge in [0, 0.05) is 28.9 Å². The van der Waals surface area contributed by atoms with Crippen LogP contribution in [0.5, 0.6) is 0 Å². The number of aromatic nitrogens is 2. The predicted octanol–water partition coefficient (Wildman–Crippen LogP) is 2.76. The molecule has 1 aliphatic rings. The van der Waals surface area contributed by atoms with Crippen LogP contribution in [0.25, 0.3) is 0 Å². The molecule has 0 spiro atoms. The lowest BCUT2D eigenvalue weighted by Gasteiger charge is -2.04. The van der Waals surface area contributed by atoms with Crippen molar-refractivity contribution in [3.63, 3.8) is 0 Å². The first kappa shape index (κ1) is 13.3. The number of hydrogen-bond acceptors (Lipinski definition) is 4. The molecule has 3 rings (SSSR count). The van der Waals surface area contributed by atoms with Gasteiger partial charge in [-0.05, 0) is 31.9 Å². The van der Waals surface area contributed by atoms with Crippen LogP contribution < -0.4 is 5.32 Å². The van der Waals surface area contributed by atoms with Crippen LogP contribution in [-0.4, -0.2) is 21.0 Å². The van der Waals surface area contributed by atoms with Crippen LogP contribution in [0.15, 0.2) is 24.3 Å². The van der Waals surface area contributed by atoms with Gasteiger partial charge in [0.05, 0.1) is 4.92 Å². The Bertz CT molecular complexity index is 719. The van der Waals surface area contributed by atoms with E-state index in [1.54, 1.807) is 25.1 Å². The second-order valence-corrected chi connectivity index (χ2v) is 5.20. The first-order valence-electron chi connectivity index (χ1n) is 6.66. The highest BCUT2D eigenvalue weighted by Gasteiger charge is 2.26. The molecule has 7 nitrogen and oxygen atoms in total. The van der Waals surface area contributed by atoms with Crippen molar-refractivity contribution in [2.75, 3.05) is 5.32 Å². The van der Waals surface area contributed by atoms with Gasteiger partial charge in [0.2, 0.25) is 0 Å². The van der Waals surface area contributed by atoms with Crippen LogP contribution in [-0.2, 0) is 0 Å². The van der Waals surface area contributed by atoms with Crippen LogP contribution in [0.2, 0.25) is 0 Å². The normalized spacial score (nSPS) is 14.0. The number of amides is 1. The summed E-state index contributed by atoms with van der Waals surface area (Å²) >= 11 is 0. The van der Waals surface area contributed by atoms with Crippen molar-refractivity contribution < 1.29 is 9.72 Å². The molecule has 108 valence electrons. The Balaban J connectivity index is 1.77. The molecule has 0 radical (unpaired) electrons. The van der Waals surface area contributed by atoms with Crippen molar-refractivity contribution in [3.8, 4) is 0 Å². The van der Waals surface area contributed by atoms with Crippen LogP contribution in [0.1, 0.15) is 40.5 Å². The predicted molar refractivity (Wildman–Crippen MR) is 76.3 cm³/mol. The number of nitro benzene ring substituents is 1. The number of H-pyrrole nitrogens is 1. The molecule has 1 fully saturated rings. The van der Waals surface area contributed by atoms with E-state index in [9.17, 15) is 14.9 Å². The molecule has 1 heterocycles. The summed E-state index contributed by atoms with van der Waals surface area (Å²) in [5, 5.41) is 20.3. The Hall–Kier alpha value is -2.70. The van der Waals surface area contributed by atoms with Crippen molar-refractivity contribution in [1.82, 2.24) is 10.2 Å². The molecule has 1 aromatic carbocycles. The van der Waals surface area contributed by atoms with Gasteiger partial charge in [0.25, 0.3) is 11.6 Å². The number of aromatic amines is 1. The first-order valence-corrected chi connectivity index (χ1v) is 6.66. The second-order valence-electron chi connectivity index (χ2n) is 5.20. The van der Waals surface area contributed by atoms with Gasteiger partial charge in [-0.3, -0.25) is 20.0 Å². The number of rotatable bonds is 4. The average Bonchev–Trinajstić information content (AvgIpc) is 3.18. The van der Waals surface area contributed by atoms with Crippen LogP contribution in [0.4, 0.5) is 11.4 Å². The molecule has 0 unspecified atom stereocenters. The van der Waals surface area contributed by atoms with Crippen LogP contribution in [0.3, 0.4) is 0 Å². The van der Waals surface area contributed by atoms with Gasteiger partial charge in [0.15, 0.2) is 5.69 Å². The number of anilines is 1. The number of hydrogen-bond donors (Lipinski definition) is 2. The summed E-state index contributed by atoms with van der Waals surface area (Å²) in [6.07, 6.45) is 2.24.